The van der Waals surface area contributed by atoms with Gasteiger partial charge in [0.2, 0.25) is 0 Å². The molecule has 20 heavy (non-hydrogen) atoms. The van der Waals surface area contributed by atoms with Crippen molar-refractivity contribution in [3.63, 3.8) is 0 Å². The molecule has 6 heteroatoms. The topological polar surface area (TPSA) is 82.8 Å². The molecular weight excluding hydrogens is 260 g/mol. The SMILES string of the molecule is COc1ccc(C#N)c(N2CC(C)(OCC(=O)O)C2)c1. The summed E-state index contributed by atoms with van der Waals surface area (Å²) < 4.78 is 10.5. The molecule has 1 aromatic rings. The highest BCUT2D eigenvalue weighted by Crippen LogP contribution is 2.34. The number of carbonyl (C=O) groups is 1. The highest BCUT2D eigenvalue weighted by molar-refractivity contribution is 5.68. The third-order valence-corrected chi connectivity index (χ3v) is 3.26. The first-order valence-electron chi connectivity index (χ1n) is 6.16. The number of rotatable bonds is 5. The maximum Gasteiger partial charge on any atom is 0.329 e. The van der Waals surface area contributed by atoms with Gasteiger partial charge in [-0.3, -0.25) is 0 Å². The predicted molar refractivity (Wildman–Crippen MR) is 71.9 cm³/mol. The van der Waals surface area contributed by atoms with Crippen LogP contribution in [0.2, 0.25) is 0 Å². The number of hydrogen-bond donors (Lipinski definition) is 1. The van der Waals surface area contributed by atoms with E-state index in [4.69, 9.17) is 19.8 Å². The van der Waals surface area contributed by atoms with Crippen molar-refractivity contribution in [1.82, 2.24) is 0 Å². The molecule has 2 rings (SSSR count). The van der Waals surface area contributed by atoms with Crippen molar-refractivity contribution in [3.8, 4) is 11.8 Å². The highest BCUT2D eigenvalue weighted by atomic mass is 16.5. The van der Waals surface area contributed by atoms with Gasteiger partial charge in [-0.1, -0.05) is 0 Å². The zero-order valence-electron chi connectivity index (χ0n) is 11.4. The highest BCUT2D eigenvalue weighted by Gasteiger charge is 2.41. The Balaban J connectivity index is 2.08. The van der Waals surface area contributed by atoms with Crippen LogP contribution >= 0.6 is 0 Å². The van der Waals surface area contributed by atoms with E-state index in [0.717, 1.165) is 5.69 Å². The van der Waals surface area contributed by atoms with Crippen molar-refractivity contribution in [2.24, 2.45) is 0 Å². The summed E-state index contributed by atoms with van der Waals surface area (Å²) in [6.45, 7) is 2.64. The number of nitriles is 1. The molecule has 0 saturated carbocycles. The van der Waals surface area contributed by atoms with Gasteiger partial charge in [-0.2, -0.15) is 5.26 Å². The first-order chi connectivity index (χ1) is 9.47. The number of benzene rings is 1. The van der Waals surface area contributed by atoms with Crippen molar-refractivity contribution < 1.29 is 19.4 Å². The quantitative estimate of drug-likeness (QED) is 0.871. The molecule has 1 aromatic carbocycles. The first kappa shape index (κ1) is 14.2. The normalized spacial score (nSPS) is 16.1. The van der Waals surface area contributed by atoms with Crippen molar-refractivity contribution in [2.75, 3.05) is 31.7 Å². The number of aliphatic carboxylic acids is 1. The molecular formula is C14H16N2O4. The summed E-state index contributed by atoms with van der Waals surface area (Å²) in [6, 6.07) is 7.39. The summed E-state index contributed by atoms with van der Waals surface area (Å²) in [6.07, 6.45) is 0. The molecule has 1 fully saturated rings. The summed E-state index contributed by atoms with van der Waals surface area (Å²) in [7, 11) is 1.57. The lowest BCUT2D eigenvalue weighted by Gasteiger charge is -2.48. The molecule has 0 aliphatic carbocycles. The standard InChI is InChI=1S/C14H16N2O4/c1-14(20-7-13(17)18)8-16(9-14)12-5-11(19-2)4-3-10(12)6-15/h3-5H,7-9H2,1-2H3,(H,17,18). The zero-order chi connectivity index (χ0) is 14.8. The van der Waals surface area contributed by atoms with Crippen LogP contribution in [0, 0.1) is 11.3 Å². The average molecular weight is 276 g/mol. The number of carboxylic acid groups (broad SMARTS) is 1. The van der Waals surface area contributed by atoms with Gasteiger partial charge < -0.3 is 19.5 Å². The maximum atomic E-state index is 10.5. The van der Waals surface area contributed by atoms with Crippen LogP contribution in [0.1, 0.15) is 12.5 Å². The number of carboxylic acids is 1. The minimum Gasteiger partial charge on any atom is -0.497 e. The average Bonchev–Trinajstić information content (AvgIpc) is 2.41. The van der Waals surface area contributed by atoms with Gasteiger partial charge in [-0.15, -0.1) is 0 Å². The Morgan fingerprint density at radius 3 is 2.80 bits per heavy atom. The minimum atomic E-state index is -0.983. The minimum absolute atomic E-state index is 0.312. The van der Waals surface area contributed by atoms with E-state index in [-0.39, 0.29) is 6.61 Å². The van der Waals surface area contributed by atoms with Gasteiger partial charge in [-0.25, -0.2) is 4.79 Å². The third kappa shape index (κ3) is 2.83. The lowest BCUT2D eigenvalue weighted by Crippen LogP contribution is -2.62. The fourth-order valence-corrected chi connectivity index (χ4v) is 2.25. The van der Waals surface area contributed by atoms with Gasteiger partial charge in [0.25, 0.3) is 0 Å². The van der Waals surface area contributed by atoms with E-state index in [1.165, 1.54) is 0 Å². The van der Waals surface area contributed by atoms with E-state index < -0.39 is 11.6 Å². The summed E-state index contributed by atoms with van der Waals surface area (Å²) >= 11 is 0. The van der Waals surface area contributed by atoms with E-state index in [1.54, 1.807) is 25.3 Å². The molecule has 0 spiro atoms. The van der Waals surface area contributed by atoms with E-state index in [9.17, 15) is 4.79 Å². The van der Waals surface area contributed by atoms with Gasteiger partial charge in [0, 0.05) is 19.2 Å². The third-order valence-electron chi connectivity index (χ3n) is 3.26. The number of nitrogens with zero attached hydrogens (tertiary/aromatic N) is 2. The van der Waals surface area contributed by atoms with Crippen LogP contribution < -0.4 is 9.64 Å². The van der Waals surface area contributed by atoms with Crippen molar-refractivity contribution in [2.45, 2.75) is 12.5 Å². The van der Waals surface area contributed by atoms with Gasteiger partial charge in [0.15, 0.2) is 0 Å². The van der Waals surface area contributed by atoms with Gasteiger partial charge in [0.1, 0.15) is 24.0 Å². The van der Waals surface area contributed by atoms with Crippen LogP contribution in [0.3, 0.4) is 0 Å². The fraction of sp³-hybridized carbons (Fsp3) is 0.429. The Morgan fingerprint density at radius 1 is 1.55 bits per heavy atom. The summed E-state index contributed by atoms with van der Waals surface area (Å²) in [5, 5.41) is 17.8. The number of ether oxygens (including phenoxy) is 2. The second-order valence-electron chi connectivity index (χ2n) is 4.98. The second-order valence-corrected chi connectivity index (χ2v) is 4.98. The van der Waals surface area contributed by atoms with Crippen LogP contribution in [0.5, 0.6) is 5.75 Å². The van der Waals surface area contributed by atoms with E-state index in [2.05, 4.69) is 6.07 Å². The zero-order valence-corrected chi connectivity index (χ0v) is 11.4. The molecule has 1 aliphatic rings. The maximum absolute atomic E-state index is 10.5. The van der Waals surface area contributed by atoms with E-state index in [1.807, 2.05) is 11.8 Å². The van der Waals surface area contributed by atoms with Gasteiger partial charge in [-0.05, 0) is 19.1 Å². The molecule has 0 unspecified atom stereocenters. The van der Waals surface area contributed by atoms with Crippen LogP contribution in [0.25, 0.3) is 0 Å². The van der Waals surface area contributed by atoms with Crippen LogP contribution in [0.15, 0.2) is 18.2 Å². The number of hydrogen-bond acceptors (Lipinski definition) is 5. The lowest BCUT2D eigenvalue weighted by atomic mass is 9.94. The Kier molecular flexibility index (Phi) is 3.81. The van der Waals surface area contributed by atoms with E-state index in [0.29, 0.717) is 24.4 Å². The summed E-state index contributed by atoms with van der Waals surface area (Å²) in [5.41, 5.74) is 0.850. The molecule has 0 radical (unpaired) electrons. The van der Waals surface area contributed by atoms with Crippen molar-refractivity contribution in [3.05, 3.63) is 23.8 Å². The second kappa shape index (κ2) is 5.39. The molecule has 1 N–H and O–H groups in total. The smallest absolute Gasteiger partial charge is 0.329 e. The van der Waals surface area contributed by atoms with Crippen LogP contribution in [-0.2, 0) is 9.53 Å². The molecule has 0 atom stereocenters. The number of anilines is 1. The Bertz CT molecular complexity index is 559. The van der Waals surface area contributed by atoms with E-state index >= 15 is 0 Å². The Hall–Kier alpha value is -2.26. The Morgan fingerprint density at radius 2 is 2.25 bits per heavy atom. The molecule has 0 amide bonds. The molecule has 1 aliphatic heterocycles. The molecule has 0 bridgehead atoms. The molecule has 6 nitrogen and oxygen atoms in total. The van der Waals surface area contributed by atoms with Crippen molar-refractivity contribution >= 4 is 11.7 Å². The van der Waals surface area contributed by atoms with Gasteiger partial charge >= 0.3 is 5.97 Å². The molecule has 1 heterocycles. The first-order valence-corrected chi connectivity index (χ1v) is 6.16. The largest absolute Gasteiger partial charge is 0.497 e. The van der Waals surface area contributed by atoms with Crippen molar-refractivity contribution in [1.29, 1.82) is 5.26 Å². The Labute approximate surface area is 117 Å². The lowest BCUT2D eigenvalue weighted by molar-refractivity contribution is -0.150. The predicted octanol–water partition coefficient (Wildman–Crippen LogP) is 1.25. The van der Waals surface area contributed by atoms with Crippen LogP contribution in [-0.4, -0.2) is 43.5 Å². The van der Waals surface area contributed by atoms with Gasteiger partial charge in [0.05, 0.1) is 18.4 Å². The number of methoxy groups -OCH3 is 1. The summed E-state index contributed by atoms with van der Waals surface area (Å²) in [5.74, 6) is -0.303. The molecule has 0 aromatic heterocycles. The molecule has 1 saturated heterocycles. The monoisotopic (exact) mass is 276 g/mol. The molecule has 106 valence electrons. The summed E-state index contributed by atoms with van der Waals surface area (Å²) in [4.78, 5) is 12.5. The fourth-order valence-electron chi connectivity index (χ4n) is 2.25. The van der Waals surface area contributed by atoms with Crippen LogP contribution in [0.4, 0.5) is 5.69 Å².